The highest BCUT2D eigenvalue weighted by Gasteiger charge is 2.23. The van der Waals surface area contributed by atoms with Gasteiger partial charge in [-0.25, -0.2) is 0 Å². The maximum Gasteiger partial charge on any atom is 0.104 e. The fourth-order valence-electron chi connectivity index (χ4n) is 2.12. The summed E-state index contributed by atoms with van der Waals surface area (Å²) in [6.07, 6.45) is 1.90. The van der Waals surface area contributed by atoms with Gasteiger partial charge in [-0.05, 0) is 51.0 Å². The van der Waals surface area contributed by atoms with Crippen LogP contribution in [0.3, 0.4) is 0 Å². The number of hydrogen-bond acceptors (Lipinski definition) is 3. The molecule has 1 unspecified atom stereocenters. The van der Waals surface area contributed by atoms with E-state index in [-0.39, 0.29) is 0 Å². The van der Waals surface area contributed by atoms with Crippen LogP contribution in [-0.2, 0) is 5.75 Å². The highest BCUT2D eigenvalue weighted by molar-refractivity contribution is 7.98. The van der Waals surface area contributed by atoms with Crippen LogP contribution in [0.4, 0.5) is 0 Å². The molecule has 0 heterocycles. The molecule has 0 bridgehead atoms. The van der Waals surface area contributed by atoms with Crippen molar-refractivity contribution in [3.05, 3.63) is 34.9 Å². The highest BCUT2D eigenvalue weighted by atomic mass is 35.5. The predicted molar refractivity (Wildman–Crippen MR) is 89.1 cm³/mol. The summed E-state index contributed by atoms with van der Waals surface area (Å²) in [6, 6.07) is 10.7. The van der Waals surface area contributed by atoms with Crippen molar-refractivity contribution >= 4 is 23.4 Å². The quantitative estimate of drug-likeness (QED) is 0.711. The molecule has 0 aliphatic heterocycles. The lowest BCUT2D eigenvalue weighted by Gasteiger charge is -2.25. The van der Waals surface area contributed by atoms with Crippen molar-refractivity contribution in [1.29, 1.82) is 5.26 Å². The van der Waals surface area contributed by atoms with Crippen LogP contribution in [0.1, 0.15) is 39.2 Å². The van der Waals surface area contributed by atoms with E-state index in [0.717, 1.165) is 29.4 Å². The van der Waals surface area contributed by atoms with Gasteiger partial charge in [-0.3, -0.25) is 5.32 Å². The summed E-state index contributed by atoms with van der Waals surface area (Å²) in [6.45, 7) is 6.12. The Morgan fingerprint density at radius 1 is 1.40 bits per heavy atom. The van der Waals surface area contributed by atoms with Crippen LogP contribution in [0, 0.1) is 11.3 Å². The van der Waals surface area contributed by atoms with Crippen LogP contribution in [0.5, 0.6) is 0 Å². The summed E-state index contributed by atoms with van der Waals surface area (Å²) in [5.41, 5.74) is 0.765. The molecule has 0 aliphatic rings. The Bertz CT molecular complexity index is 456. The fraction of sp³-hybridized carbons (Fsp3) is 0.562. The number of halogens is 1. The second-order valence-electron chi connectivity index (χ2n) is 5.49. The molecule has 0 amide bonds. The van der Waals surface area contributed by atoms with Gasteiger partial charge in [-0.2, -0.15) is 17.0 Å². The number of nitrogens with one attached hydrogen (secondary N) is 1. The third-order valence-corrected chi connectivity index (χ3v) is 4.50. The fourth-order valence-corrected chi connectivity index (χ4v) is 3.37. The van der Waals surface area contributed by atoms with Crippen molar-refractivity contribution in [1.82, 2.24) is 5.32 Å². The molecular weight excluding hydrogens is 288 g/mol. The second-order valence-corrected chi connectivity index (χ2v) is 7.00. The van der Waals surface area contributed by atoms with E-state index in [4.69, 9.17) is 11.6 Å². The second kappa shape index (κ2) is 8.56. The monoisotopic (exact) mass is 310 g/mol. The maximum absolute atomic E-state index is 9.27. The highest BCUT2D eigenvalue weighted by Crippen LogP contribution is 2.22. The van der Waals surface area contributed by atoms with Crippen LogP contribution in [0.15, 0.2) is 24.3 Å². The molecule has 1 atom stereocenters. The summed E-state index contributed by atoms with van der Waals surface area (Å²) in [5, 5.41) is 13.4. The number of benzene rings is 1. The molecule has 0 aromatic heterocycles. The van der Waals surface area contributed by atoms with Gasteiger partial charge in [0, 0.05) is 16.8 Å². The third-order valence-electron chi connectivity index (χ3n) is 3.03. The predicted octanol–water partition coefficient (Wildman–Crippen LogP) is 4.63. The Morgan fingerprint density at radius 3 is 2.70 bits per heavy atom. The lowest BCUT2D eigenvalue weighted by molar-refractivity contribution is 0.380. The summed E-state index contributed by atoms with van der Waals surface area (Å²) in [7, 11) is 0. The van der Waals surface area contributed by atoms with Crippen molar-refractivity contribution in [2.45, 2.75) is 50.9 Å². The minimum atomic E-state index is -0.418. The lowest BCUT2D eigenvalue weighted by Crippen LogP contribution is -2.44. The average Bonchev–Trinajstić information content (AvgIpc) is 2.39. The van der Waals surface area contributed by atoms with Gasteiger partial charge in [0.15, 0.2) is 0 Å². The minimum absolute atomic E-state index is 0.329. The number of nitriles is 1. The van der Waals surface area contributed by atoms with Crippen LogP contribution >= 0.6 is 23.4 Å². The van der Waals surface area contributed by atoms with Crippen LogP contribution < -0.4 is 5.32 Å². The number of rotatable bonds is 8. The Hall–Kier alpha value is -0.690. The Morgan fingerprint density at radius 2 is 2.10 bits per heavy atom. The summed E-state index contributed by atoms with van der Waals surface area (Å²) < 4.78 is 0. The lowest BCUT2D eigenvalue weighted by atomic mass is 9.97. The first-order valence-electron chi connectivity index (χ1n) is 6.97. The van der Waals surface area contributed by atoms with E-state index in [1.54, 1.807) is 0 Å². The molecule has 110 valence electrons. The summed E-state index contributed by atoms with van der Waals surface area (Å²) >= 11 is 7.99. The van der Waals surface area contributed by atoms with Crippen LogP contribution in [-0.4, -0.2) is 17.3 Å². The maximum atomic E-state index is 9.27. The minimum Gasteiger partial charge on any atom is -0.297 e. The first kappa shape index (κ1) is 17.4. The van der Waals surface area contributed by atoms with Crippen molar-refractivity contribution in [2.24, 2.45) is 0 Å². The average molecular weight is 311 g/mol. The molecule has 0 fully saturated rings. The molecule has 0 aliphatic carbocycles. The number of thioether (sulfide) groups is 1. The van der Waals surface area contributed by atoms with Crippen molar-refractivity contribution in [3.63, 3.8) is 0 Å². The zero-order valence-corrected chi connectivity index (χ0v) is 14.0. The van der Waals surface area contributed by atoms with Crippen molar-refractivity contribution in [3.8, 4) is 6.07 Å². The normalized spacial score (nSPS) is 14.0. The van der Waals surface area contributed by atoms with Gasteiger partial charge in [0.05, 0.1) is 6.07 Å². The molecule has 1 N–H and O–H groups in total. The van der Waals surface area contributed by atoms with Gasteiger partial charge in [0.2, 0.25) is 0 Å². The molecule has 2 nitrogen and oxygen atoms in total. The summed E-state index contributed by atoms with van der Waals surface area (Å²) in [5.74, 6) is 1.98. The van der Waals surface area contributed by atoms with E-state index in [2.05, 4.69) is 31.3 Å². The van der Waals surface area contributed by atoms with E-state index in [1.807, 2.05) is 36.9 Å². The van der Waals surface area contributed by atoms with Crippen LogP contribution in [0.2, 0.25) is 5.02 Å². The van der Waals surface area contributed by atoms with E-state index in [1.165, 1.54) is 5.56 Å². The topological polar surface area (TPSA) is 35.8 Å². The molecule has 1 rings (SSSR count). The first-order valence-corrected chi connectivity index (χ1v) is 8.50. The molecule has 0 radical (unpaired) electrons. The van der Waals surface area contributed by atoms with Crippen LogP contribution in [0.25, 0.3) is 0 Å². The van der Waals surface area contributed by atoms with Crippen molar-refractivity contribution < 1.29 is 0 Å². The number of hydrogen-bond donors (Lipinski definition) is 1. The van der Waals surface area contributed by atoms with Gasteiger partial charge in [0.1, 0.15) is 5.54 Å². The van der Waals surface area contributed by atoms with E-state index in [9.17, 15) is 5.26 Å². The largest absolute Gasteiger partial charge is 0.297 e. The third kappa shape index (κ3) is 6.17. The zero-order chi connectivity index (χ0) is 15.0. The van der Waals surface area contributed by atoms with E-state index >= 15 is 0 Å². The molecule has 0 spiro atoms. The van der Waals surface area contributed by atoms with Gasteiger partial charge < -0.3 is 0 Å². The van der Waals surface area contributed by atoms with Gasteiger partial charge in [-0.15, -0.1) is 0 Å². The molecule has 4 heteroatoms. The molecule has 0 saturated carbocycles. The standard InChI is InChI=1S/C16H23ClN2S/c1-13(2)19-16(3,12-18)9-6-10-20-11-14-7-4-5-8-15(14)17/h4-5,7-8,13,19H,6,9-11H2,1-3H3. The molecule has 1 aromatic carbocycles. The van der Waals surface area contributed by atoms with Gasteiger partial charge in [-0.1, -0.05) is 29.8 Å². The molecule has 20 heavy (non-hydrogen) atoms. The molecule has 0 saturated heterocycles. The Labute approximate surface area is 131 Å². The SMILES string of the molecule is CC(C)NC(C)(C#N)CCCSCc1ccccc1Cl. The van der Waals surface area contributed by atoms with E-state index < -0.39 is 5.54 Å². The number of nitrogens with zero attached hydrogens (tertiary/aromatic N) is 1. The zero-order valence-electron chi connectivity index (χ0n) is 12.4. The smallest absolute Gasteiger partial charge is 0.104 e. The molecular formula is C16H23ClN2S. The van der Waals surface area contributed by atoms with Gasteiger partial charge >= 0.3 is 0 Å². The Balaban J connectivity index is 2.28. The first-order chi connectivity index (χ1) is 9.47. The Kier molecular flexibility index (Phi) is 7.43. The molecule has 1 aromatic rings. The van der Waals surface area contributed by atoms with E-state index in [0.29, 0.717) is 6.04 Å². The summed E-state index contributed by atoms with van der Waals surface area (Å²) in [4.78, 5) is 0. The van der Waals surface area contributed by atoms with Gasteiger partial charge in [0.25, 0.3) is 0 Å². The van der Waals surface area contributed by atoms with Crippen molar-refractivity contribution in [2.75, 3.05) is 5.75 Å².